The number of halogens is 3. The molecule has 0 N–H and O–H groups in total. The van der Waals surface area contributed by atoms with Crippen molar-refractivity contribution in [2.45, 2.75) is 13.5 Å². The van der Waals surface area contributed by atoms with Gasteiger partial charge in [-0.3, -0.25) is 10.1 Å². The van der Waals surface area contributed by atoms with E-state index < -0.39 is 10.9 Å². The number of ether oxygens (including phenoxy) is 2. The molecule has 34 heavy (non-hydrogen) atoms. The molecule has 4 rings (SSSR count). The minimum Gasteiger partial charge on any atom is -0.487 e. The smallest absolute Gasteiger partial charge is 0.363 e. The number of nitrogens with zero attached hydrogens (tertiary/aromatic N) is 2. The van der Waals surface area contributed by atoms with Gasteiger partial charge in [0.1, 0.15) is 12.4 Å². The zero-order valence-corrected chi connectivity index (χ0v) is 22.9. The lowest BCUT2D eigenvalue weighted by Gasteiger charge is -2.12. The van der Waals surface area contributed by atoms with Crippen LogP contribution in [0.15, 0.2) is 74.2 Å². The molecule has 3 aromatic rings. The molecule has 0 unspecified atom stereocenters. The van der Waals surface area contributed by atoms with Crippen LogP contribution >= 0.6 is 54.5 Å². The summed E-state index contributed by atoms with van der Waals surface area (Å²) in [5, 5.41) is 11.2. The second-order valence-corrected chi connectivity index (χ2v) is 10.3. The Morgan fingerprint density at radius 1 is 1.15 bits per heavy atom. The van der Waals surface area contributed by atoms with Crippen LogP contribution in [0.5, 0.6) is 5.75 Å². The third-order valence-electron chi connectivity index (χ3n) is 4.87. The Balaban J connectivity index is 1.57. The third kappa shape index (κ3) is 5.56. The number of aliphatic imine (C=N–C) groups is 1. The molecule has 0 spiro atoms. The summed E-state index contributed by atoms with van der Waals surface area (Å²) in [7, 11) is 0. The van der Waals surface area contributed by atoms with Crippen LogP contribution in [0.2, 0.25) is 0 Å². The molecular weight excluding hydrogens is 683 g/mol. The van der Waals surface area contributed by atoms with E-state index in [0.29, 0.717) is 38.0 Å². The van der Waals surface area contributed by atoms with Crippen LogP contribution in [0.1, 0.15) is 22.3 Å². The highest BCUT2D eigenvalue weighted by atomic mass is 127. The van der Waals surface area contributed by atoms with Gasteiger partial charge < -0.3 is 9.47 Å². The lowest BCUT2D eigenvalue weighted by atomic mass is 10.1. The summed E-state index contributed by atoms with van der Waals surface area (Å²) in [6.07, 6.45) is 1.58. The Hall–Kier alpha value is -2.57. The van der Waals surface area contributed by atoms with Crippen molar-refractivity contribution in [1.29, 1.82) is 0 Å². The first-order valence-corrected chi connectivity index (χ1v) is 12.5. The molecule has 0 bridgehead atoms. The average molecular weight is 698 g/mol. The minimum absolute atomic E-state index is 0.0231. The van der Waals surface area contributed by atoms with Crippen molar-refractivity contribution in [2.24, 2.45) is 4.99 Å². The van der Waals surface area contributed by atoms with Crippen LogP contribution in [0.3, 0.4) is 0 Å². The van der Waals surface area contributed by atoms with Gasteiger partial charge in [-0.05, 0) is 109 Å². The third-order valence-corrected chi connectivity index (χ3v) is 6.72. The van der Waals surface area contributed by atoms with E-state index in [1.807, 2.05) is 24.3 Å². The zero-order valence-electron chi connectivity index (χ0n) is 17.6. The number of esters is 1. The molecule has 1 aliphatic heterocycles. The molecule has 1 heterocycles. The van der Waals surface area contributed by atoms with E-state index in [9.17, 15) is 14.9 Å². The number of hydrogen-bond acceptors (Lipinski definition) is 6. The summed E-state index contributed by atoms with van der Waals surface area (Å²) in [6.45, 7) is 2.04. The van der Waals surface area contributed by atoms with Crippen molar-refractivity contribution >= 4 is 78.1 Å². The molecule has 0 amide bonds. The molecule has 1 aliphatic rings. The van der Waals surface area contributed by atoms with Gasteiger partial charge in [0.05, 0.1) is 13.9 Å². The molecule has 172 valence electrons. The maximum absolute atomic E-state index is 12.4. The summed E-state index contributed by atoms with van der Waals surface area (Å²) in [4.78, 5) is 27.4. The van der Waals surface area contributed by atoms with Gasteiger partial charge in [-0.1, -0.05) is 18.2 Å². The average Bonchev–Trinajstić information content (AvgIpc) is 3.13. The summed E-state index contributed by atoms with van der Waals surface area (Å²) in [5.41, 5.74) is 2.62. The van der Waals surface area contributed by atoms with Crippen LogP contribution in [-0.2, 0) is 16.1 Å². The van der Waals surface area contributed by atoms with Crippen molar-refractivity contribution in [1.82, 2.24) is 0 Å². The number of rotatable bonds is 6. The van der Waals surface area contributed by atoms with E-state index in [2.05, 4.69) is 59.4 Å². The van der Waals surface area contributed by atoms with Gasteiger partial charge in [0, 0.05) is 20.8 Å². The van der Waals surface area contributed by atoms with Gasteiger partial charge in [-0.2, -0.15) is 0 Å². The van der Waals surface area contributed by atoms with Gasteiger partial charge in [0.15, 0.2) is 5.70 Å². The molecule has 0 atom stereocenters. The maximum Gasteiger partial charge on any atom is 0.363 e. The molecule has 0 radical (unpaired) electrons. The largest absolute Gasteiger partial charge is 0.487 e. The summed E-state index contributed by atoms with van der Waals surface area (Å²) >= 11 is 9.31. The van der Waals surface area contributed by atoms with Crippen molar-refractivity contribution in [3.05, 3.63) is 105 Å². The first-order chi connectivity index (χ1) is 16.2. The number of carbonyl (C=O) groups excluding carboxylic acids is 1. The van der Waals surface area contributed by atoms with E-state index in [0.717, 1.165) is 9.13 Å². The molecular formula is C24H15Br2IN2O5. The Kier molecular flexibility index (Phi) is 7.48. The molecule has 7 nitrogen and oxygen atoms in total. The first kappa shape index (κ1) is 24.6. The predicted molar refractivity (Wildman–Crippen MR) is 144 cm³/mol. The lowest BCUT2D eigenvalue weighted by Crippen LogP contribution is -2.06. The minimum atomic E-state index is -0.635. The van der Waals surface area contributed by atoms with E-state index >= 15 is 0 Å². The monoisotopic (exact) mass is 696 g/mol. The van der Waals surface area contributed by atoms with Gasteiger partial charge >= 0.3 is 5.97 Å². The molecule has 0 saturated heterocycles. The Labute approximate surface area is 225 Å². The Morgan fingerprint density at radius 3 is 2.56 bits per heavy atom. The maximum atomic E-state index is 12.4. The number of cyclic esters (lactones) is 1. The van der Waals surface area contributed by atoms with E-state index in [1.54, 1.807) is 37.3 Å². The normalized spacial score (nSPS) is 14.2. The van der Waals surface area contributed by atoms with E-state index in [1.165, 1.54) is 6.07 Å². The van der Waals surface area contributed by atoms with E-state index in [-0.39, 0.29) is 17.3 Å². The van der Waals surface area contributed by atoms with Gasteiger partial charge in [-0.15, -0.1) is 0 Å². The summed E-state index contributed by atoms with van der Waals surface area (Å²) < 4.78 is 13.8. The summed E-state index contributed by atoms with van der Waals surface area (Å²) in [5.74, 6) is 0.0190. The highest BCUT2D eigenvalue weighted by molar-refractivity contribution is 14.1. The summed E-state index contributed by atoms with van der Waals surface area (Å²) in [6, 6.07) is 16.2. The molecule has 0 fully saturated rings. The van der Waals surface area contributed by atoms with Gasteiger partial charge in [0.25, 0.3) is 5.69 Å². The molecule has 0 saturated carbocycles. The fraction of sp³-hybridized carbons (Fsp3) is 0.0833. The SMILES string of the molecule is Cc1ccc(C2=N/C(=C\c3cc(Br)c(OCc4cccc(I)c4)c(Br)c3)C(=O)O2)cc1[N+](=O)[O-]. The highest BCUT2D eigenvalue weighted by Gasteiger charge is 2.26. The van der Waals surface area contributed by atoms with Crippen LogP contribution in [-0.4, -0.2) is 16.8 Å². The van der Waals surface area contributed by atoms with Crippen molar-refractivity contribution in [2.75, 3.05) is 0 Å². The van der Waals surface area contributed by atoms with Crippen molar-refractivity contribution in [3.63, 3.8) is 0 Å². The Bertz CT molecular complexity index is 1360. The van der Waals surface area contributed by atoms with Crippen LogP contribution in [0.25, 0.3) is 6.08 Å². The predicted octanol–water partition coefficient (Wildman–Crippen LogP) is 6.96. The van der Waals surface area contributed by atoms with Crippen molar-refractivity contribution in [3.8, 4) is 5.75 Å². The van der Waals surface area contributed by atoms with Crippen LogP contribution < -0.4 is 4.74 Å². The molecule has 0 aromatic heterocycles. The van der Waals surface area contributed by atoms with Crippen LogP contribution in [0.4, 0.5) is 5.69 Å². The number of carbonyl (C=O) groups is 1. The molecule has 10 heteroatoms. The lowest BCUT2D eigenvalue weighted by molar-refractivity contribution is -0.385. The first-order valence-electron chi connectivity index (χ1n) is 9.85. The van der Waals surface area contributed by atoms with Crippen molar-refractivity contribution < 1.29 is 19.2 Å². The van der Waals surface area contributed by atoms with Gasteiger partial charge in [0.2, 0.25) is 5.90 Å². The zero-order chi connectivity index (χ0) is 24.4. The van der Waals surface area contributed by atoms with Gasteiger partial charge in [-0.25, -0.2) is 9.79 Å². The molecule has 3 aromatic carbocycles. The number of nitro benzene ring substituents is 1. The topological polar surface area (TPSA) is 91.0 Å². The molecule has 0 aliphatic carbocycles. The Morgan fingerprint density at radius 2 is 1.88 bits per heavy atom. The number of aryl methyl sites for hydroxylation is 1. The standard InChI is InChI=1S/C24H15Br2IN2O5/c1-13-5-6-16(11-21(13)29(31)32)23-28-20(24(30)34-23)10-15-8-18(25)22(19(26)9-15)33-12-14-3-2-4-17(27)7-14/h2-11H,12H2,1H3/b20-10-. The second-order valence-electron chi connectivity index (χ2n) is 7.33. The highest BCUT2D eigenvalue weighted by Crippen LogP contribution is 2.36. The number of benzene rings is 3. The van der Waals surface area contributed by atoms with Crippen LogP contribution in [0, 0.1) is 20.6 Å². The quantitative estimate of drug-likeness (QED) is 0.0914. The van der Waals surface area contributed by atoms with E-state index in [4.69, 9.17) is 9.47 Å². The fourth-order valence-corrected chi connectivity index (χ4v) is 5.27. The number of nitro groups is 1. The second kappa shape index (κ2) is 10.4. The number of hydrogen-bond donors (Lipinski definition) is 0. The fourth-order valence-electron chi connectivity index (χ4n) is 3.21.